The normalized spacial score (nSPS) is 19.6. The predicted molar refractivity (Wildman–Crippen MR) is 79.7 cm³/mol. The van der Waals surface area contributed by atoms with Crippen LogP contribution in [0, 0.1) is 0 Å². The minimum Gasteiger partial charge on any atom is -0.358 e. The Balaban J connectivity index is 2.12. The number of aromatic nitrogens is 1. The molecule has 0 radical (unpaired) electrons. The average molecular weight is 343 g/mol. The molecule has 0 saturated carbocycles. The Labute approximate surface area is 120 Å². The van der Waals surface area contributed by atoms with Gasteiger partial charge in [0.15, 0.2) is 0 Å². The summed E-state index contributed by atoms with van der Waals surface area (Å²) in [6.45, 7) is 0. The van der Waals surface area contributed by atoms with Crippen molar-refractivity contribution in [3.63, 3.8) is 0 Å². The molecule has 1 aromatic carbocycles. The fourth-order valence-electron chi connectivity index (χ4n) is 2.98. The number of rotatable bonds is 2. The topological polar surface area (TPSA) is 76.0 Å². The molecule has 19 heavy (non-hydrogen) atoms. The van der Waals surface area contributed by atoms with Crippen LogP contribution in [0.3, 0.4) is 0 Å². The van der Waals surface area contributed by atoms with Gasteiger partial charge in [0, 0.05) is 27.0 Å². The maximum Gasteiger partial charge on any atom is 0.209 e. The molecular weight excluding hydrogens is 328 g/mol. The number of nitrogens with two attached hydrogens (primary N) is 1. The Morgan fingerprint density at radius 2 is 2.21 bits per heavy atom. The molecule has 6 heteroatoms. The number of hydrogen-bond acceptors (Lipinski definition) is 2. The minimum atomic E-state index is -3.44. The van der Waals surface area contributed by atoms with E-state index in [2.05, 4.69) is 27.0 Å². The SMILES string of the molecule is NS(=O)(=O)CC1CCCc2c1[nH]c1ccc(Br)cc21. The van der Waals surface area contributed by atoms with Crippen LogP contribution in [0.1, 0.15) is 30.0 Å². The molecule has 1 heterocycles. The quantitative estimate of drug-likeness (QED) is 0.880. The van der Waals surface area contributed by atoms with E-state index in [0.29, 0.717) is 0 Å². The van der Waals surface area contributed by atoms with E-state index in [1.807, 2.05) is 12.1 Å². The molecule has 0 fully saturated rings. The van der Waals surface area contributed by atoms with Gasteiger partial charge in [-0.05, 0) is 43.0 Å². The predicted octanol–water partition coefficient (Wildman–Crippen LogP) is 2.64. The van der Waals surface area contributed by atoms with Crippen LogP contribution in [-0.2, 0) is 16.4 Å². The van der Waals surface area contributed by atoms with Crippen LogP contribution in [-0.4, -0.2) is 19.2 Å². The van der Waals surface area contributed by atoms with E-state index in [0.717, 1.165) is 34.9 Å². The van der Waals surface area contributed by atoms with Crippen molar-refractivity contribution in [2.24, 2.45) is 5.14 Å². The zero-order chi connectivity index (χ0) is 13.6. The van der Waals surface area contributed by atoms with Gasteiger partial charge in [-0.1, -0.05) is 15.9 Å². The first-order chi connectivity index (χ1) is 8.94. The molecule has 1 aliphatic rings. The summed E-state index contributed by atoms with van der Waals surface area (Å²) in [7, 11) is -3.44. The van der Waals surface area contributed by atoms with Gasteiger partial charge < -0.3 is 4.98 Å². The number of sulfonamides is 1. The summed E-state index contributed by atoms with van der Waals surface area (Å²) in [5, 5.41) is 6.38. The number of benzene rings is 1. The van der Waals surface area contributed by atoms with E-state index in [1.54, 1.807) is 0 Å². The smallest absolute Gasteiger partial charge is 0.209 e. The van der Waals surface area contributed by atoms with Crippen molar-refractivity contribution >= 4 is 36.9 Å². The summed E-state index contributed by atoms with van der Waals surface area (Å²) < 4.78 is 23.7. The van der Waals surface area contributed by atoms with Gasteiger partial charge in [-0.25, -0.2) is 13.6 Å². The lowest BCUT2D eigenvalue weighted by molar-refractivity contribution is 0.555. The first-order valence-electron chi connectivity index (χ1n) is 6.24. The van der Waals surface area contributed by atoms with E-state index in [4.69, 9.17) is 5.14 Å². The molecule has 4 nitrogen and oxygen atoms in total. The standard InChI is InChI=1S/C13H15BrN2O2S/c14-9-4-5-12-11(6-9)10-3-1-2-8(13(10)16-12)7-19(15,17)18/h4-6,8,16H,1-3,7H2,(H2,15,17,18). The van der Waals surface area contributed by atoms with Crippen LogP contribution in [0.25, 0.3) is 10.9 Å². The van der Waals surface area contributed by atoms with E-state index >= 15 is 0 Å². The molecule has 3 rings (SSSR count). The monoisotopic (exact) mass is 342 g/mol. The second-order valence-corrected chi connectivity index (χ2v) is 7.70. The number of aryl methyl sites for hydroxylation is 1. The fraction of sp³-hybridized carbons (Fsp3) is 0.385. The summed E-state index contributed by atoms with van der Waals surface area (Å²) in [5.41, 5.74) is 3.36. The highest BCUT2D eigenvalue weighted by Crippen LogP contribution is 2.37. The molecule has 1 atom stereocenters. The second kappa shape index (κ2) is 4.61. The Hall–Kier alpha value is -0.850. The summed E-state index contributed by atoms with van der Waals surface area (Å²) >= 11 is 3.48. The zero-order valence-electron chi connectivity index (χ0n) is 10.3. The number of primary sulfonamides is 1. The molecule has 3 N–H and O–H groups in total. The minimum absolute atomic E-state index is 0.00933. The van der Waals surface area contributed by atoms with Gasteiger partial charge in [0.1, 0.15) is 0 Å². The van der Waals surface area contributed by atoms with Crippen molar-refractivity contribution < 1.29 is 8.42 Å². The molecule has 0 saturated heterocycles. The van der Waals surface area contributed by atoms with Crippen molar-refractivity contribution in [3.8, 4) is 0 Å². The Morgan fingerprint density at radius 3 is 2.95 bits per heavy atom. The number of fused-ring (bicyclic) bond motifs is 3. The van der Waals surface area contributed by atoms with Crippen LogP contribution in [0.15, 0.2) is 22.7 Å². The van der Waals surface area contributed by atoms with Crippen LogP contribution >= 0.6 is 15.9 Å². The molecule has 0 bridgehead atoms. The molecule has 1 unspecified atom stereocenters. The van der Waals surface area contributed by atoms with Crippen molar-refractivity contribution in [2.45, 2.75) is 25.2 Å². The molecule has 0 spiro atoms. The summed E-state index contributed by atoms with van der Waals surface area (Å²) in [6.07, 6.45) is 2.87. The van der Waals surface area contributed by atoms with Crippen molar-refractivity contribution in [3.05, 3.63) is 33.9 Å². The molecule has 102 valence electrons. The first kappa shape index (κ1) is 13.1. The Bertz CT molecular complexity index is 736. The van der Waals surface area contributed by atoms with Gasteiger partial charge in [-0.2, -0.15) is 0 Å². The molecule has 1 aromatic heterocycles. The highest BCUT2D eigenvalue weighted by Gasteiger charge is 2.27. The molecular formula is C13H15BrN2O2S. The molecule has 1 aliphatic carbocycles. The zero-order valence-corrected chi connectivity index (χ0v) is 12.7. The summed E-state index contributed by atoms with van der Waals surface area (Å²) in [4.78, 5) is 3.38. The van der Waals surface area contributed by atoms with Gasteiger partial charge >= 0.3 is 0 Å². The van der Waals surface area contributed by atoms with E-state index < -0.39 is 10.0 Å². The molecule has 0 amide bonds. The van der Waals surface area contributed by atoms with Gasteiger partial charge in [0.05, 0.1) is 5.75 Å². The highest BCUT2D eigenvalue weighted by molar-refractivity contribution is 9.10. The van der Waals surface area contributed by atoms with Crippen molar-refractivity contribution in [1.82, 2.24) is 4.98 Å². The van der Waals surface area contributed by atoms with Crippen molar-refractivity contribution in [2.75, 3.05) is 5.75 Å². The number of hydrogen-bond donors (Lipinski definition) is 2. The third-order valence-corrected chi connectivity index (χ3v) is 5.08. The third-order valence-electron chi connectivity index (χ3n) is 3.72. The lowest BCUT2D eigenvalue weighted by Gasteiger charge is -2.21. The van der Waals surface area contributed by atoms with Gasteiger partial charge in [-0.3, -0.25) is 0 Å². The lowest BCUT2D eigenvalue weighted by Crippen LogP contribution is -2.24. The second-order valence-electron chi connectivity index (χ2n) is 5.13. The number of aromatic amines is 1. The maximum absolute atomic E-state index is 11.3. The fourth-order valence-corrected chi connectivity index (χ4v) is 4.23. The van der Waals surface area contributed by atoms with E-state index in [1.165, 1.54) is 10.9 Å². The number of H-pyrrole nitrogens is 1. The number of halogens is 1. The summed E-state index contributed by atoms with van der Waals surface area (Å²) in [5.74, 6) is 0.0125. The van der Waals surface area contributed by atoms with Crippen LogP contribution in [0.2, 0.25) is 0 Å². The molecule has 0 aliphatic heterocycles. The van der Waals surface area contributed by atoms with Gasteiger partial charge in [-0.15, -0.1) is 0 Å². The molecule has 2 aromatic rings. The maximum atomic E-state index is 11.3. The Kier molecular flexibility index (Phi) is 3.19. The van der Waals surface area contributed by atoms with E-state index in [9.17, 15) is 8.42 Å². The largest absolute Gasteiger partial charge is 0.358 e. The van der Waals surface area contributed by atoms with Gasteiger partial charge in [0.2, 0.25) is 10.0 Å². The van der Waals surface area contributed by atoms with Crippen molar-refractivity contribution in [1.29, 1.82) is 0 Å². The lowest BCUT2D eigenvalue weighted by atomic mass is 9.88. The first-order valence-corrected chi connectivity index (χ1v) is 8.75. The Morgan fingerprint density at radius 1 is 1.42 bits per heavy atom. The average Bonchev–Trinajstić information content (AvgIpc) is 2.67. The number of nitrogens with one attached hydrogen (secondary N) is 1. The van der Waals surface area contributed by atoms with E-state index in [-0.39, 0.29) is 11.7 Å². The van der Waals surface area contributed by atoms with Crippen LogP contribution in [0.5, 0.6) is 0 Å². The third kappa shape index (κ3) is 2.57. The van der Waals surface area contributed by atoms with Crippen LogP contribution < -0.4 is 5.14 Å². The van der Waals surface area contributed by atoms with Crippen LogP contribution in [0.4, 0.5) is 0 Å². The van der Waals surface area contributed by atoms with Gasteiger partial charge in [0.25, 0.3) is 0 Å². The highest BCUT2D eigenvalue weighted by atomic mass is 79.9. The summed E-state index contributed by atoms with van der Waals surface area (Å²) in [6, 6.07) is 6.09.